The van der Waals surface area contributed by atoms with Crippen molar-refractivity contribution in [3.8, 4) is 16.9 Å². The van der Waals surface area contributed by atoms with E-state index in [1.165, 1.54) is 22.3 Å². The lowest BCUT2D eigenvalue weighted by atomic mass is 9.96. The Balaban J connectivity index is 0.000000435. The van der Waals surface area contributed by atoms with E-state index >= 15 is 0 Å². The molecule has 2 aromatic rings. The fourth-order valence-electron chi connectivity index (χ4n) is 2.35. The molecule has 0 saturated carbocycles. The summed E-state index contributed by atoms with van der Waals surface area (Å²) in [5.74, 6) is 1.05. The third-order valence-electron chi connectivity index (χ3n) is 3.26. The highest BCUT2D eigenvalue weighted by Gasteiger charge is 2.16. The number of aryl methyl sites for hydroxylation is 2. The third kappa shape index (κ3) is 4.57. The van der Waals surface area contributed by atoms with E-state index < -0.39 is 0 Å². The van der Waals surface area contributed by atoms with Gasteiger partial charge in [-0.05, 0) is 51.1 Å². The molecule has 0 bridgehead atoms. The summed E-state index contributed by atoms with van der Waals surface area (Å²) in [4.78, 5) is 4.22. The topological polar surface area (TPSA) is 34.2 Å². The van der Waals surface area contributed by atoms with Crippen molar-refractivity contribution in [3.63, 3.8) is 0 Å². The smallest absolute Gasteiger partial charge is 0.130 e. The minimum absolute atomic E-state index is 0.823. The summed E-state index contributed by atoms with van der Waals surface area (Å²) < 4.78 is 5.84. The Kier molecular flexibility index (Phi) is 8.23. The molecule has 1 N–H and O–H groups in total. The molecule has 0 atom stereocenters. The fourth-order valence-corrected chi connectivity index (χ4v) is 2.35. The highest BCUT2D eigenvalue weighted by Crippen LogP contribution is 2.36. The van der Waals surface area contributed by atoms with E-state index in [1.54, 1.807) is 0 Å². The summed E-state index contributed by atoms with van der Waals surface area (Å²) in [6, 6.07) is 8.42. The number of rotatable bonds is 1. The number of nitrogens with zero attached hydrogens (tertiary/aromatic N) is 1. The Hall–Kier alpha value is -1.87. The highest BCUT2D eigenvalue weighted by atomic mass is 16.5. The molecule has 1 aliphatic heterocycles. The van der Waals surface area contributed by atoms with Crippen LogP contribution in [0.1, 0.15) is 31.4 Å². The minimum Gasteiger partial charge on any atom is -0.493 e. The second kappa shape index (κ2) is 9.96. The molecule has 120 valence electrons. The Labute approximate surface area is 134 Å². The molecule has 1 aromatic carbocycles. The number of fused-ring (bicyclic) bond motifs is 1. The van der Waals surface area contributed by atoms with Crippen molar-refractivity contribution in [2.24, 2.45) is 0 Å². The maximum absolute atomic E-state index is 5.84. The Bertz CT molecular complexity index is 567. The van der Waals surface area contributed by atoms with Crippen molar-refractivity contribution < 1.29 is 4.74 Å². The van der Waals surface area contributed by atoms with Crippen LogP contribution < -0.4 is 10.1 Å². The summed E-state index contributed by atoms with van der Waals surface area (Å²) in [6.07, 6.45) is 5.98. The van der Waals surface area contributed by atoms with Gasteiger partial charge < -0.3 is 10.1 Å². The van der Waals surface area contributed by atoms with E-state index in [0.717, 1.165) is 25.2 Å². The molecule has 1 aromatic heterocycles. The molecule has 3 heteroatoms. The maximum Gasteiger partial charge on any atom is 0.130 e. The van der Waals surface area contributed by atoms with Gasteiger partial charge in [0.1, 0.15) is 5.75 Å². The van der Waals surface area contributed by atoms with Crippen LogP contribution >= 0.6 is 0 Å². The number of aromatic nitrogens is 1. The molecule has 3 nitrogen and oxygen atoms in total. The Morgan fingerprint density at radius 2 is 1.82 bits per heavy atom. The molecular formula is C19H28N2O. The van der Waals surface area contributed by atoms with Crippen molar-refractivity contribution in [2.45, 2.75) is 33.6 Å². The second-order valence-electron chi connectivity index (χ2n) is 4.94. The molecule has 22 heavy (non-hydrogen) atoms. The van der Waals surface area contributed by atoms with E-state index in [4.69, 9.17) is 4.74 Å². The molecule has 0 saturated heterocycles. The van der Waals surface area contributed by atoms with Crippen LogP contribution in [0.2, 0.25) is 0 Å². The van der Waals surface area contributed by atoms with Crippen molar-refractivity contribution >= 4 is 0 Å². The molecule has 3 rings (SSSR count). The zero-order valence-electron chi connectivity index (χ0n) is 14.4. The molecule has 0 amide bonds. The monoisotopic (exact) mass is 300 g/mol. The minimum atomic E-state index is 0.823. The van der Waals surface area contributed by atoms with Crippen molar-refractivity contribution in [2.75, 3.05) is 20.7 Å². The molecule has 1 aliphatic rings. The predicted octanol–water partition coefficient (Wildman–Crippen LogP) is 4.24. The van der Waals surface area contributed by atoms with Gasteiger partial charge in [-0.25, -0.2) is 0 Å². The van der Waals surface area contributed by atoms with E-state index in [-0.39, 0.29) is 0 Å². The third-order valence-corrected chi connectivity index (χ3v) is 3.26. The molecule has 0 fully saturated rings. The summed E-state index contributed by atoms with van der Waals surface area (Å²) in [6.45, 7) is 6.93. The number of ether oxygens (including phenoxy) is 1. The van der Waals surface area contributed by atoms with Crippen LogP contribution in [-0.2, 0) is 6.42 Å². The van der Waals surface area contributed by atoms with E-state index in [1.807, 2.05) is 46.4 Å². The van der Waals surface area contributed by atoms with Crippen LogP contribution in [0.15, 0.2) is 36.7 Å². The van der Waals surface area contributed by atoms with Gasteiger partial charge in [0.2, 0.25) is 0 Å². The van der Waals surface area contributed by atoms with Gasteiger partial charge in [-0.3, -0.25) is 4.98 Å². The standard InChI is InChI=1S/C15H15NO.C2H7N.C2H6/c1-11-7-8-16-10-14(11)13-6-2-4-12-5-3-9-17-15(12)13;1-3-2;1-2/h2,4,6-8,10H,3,5,9H2,1H3;3H,1-2H3;1-2H3. The van der Waals surface area contributed by atoms with Gasteiger partial charge in [0.05, 0.1) is 6.61 Å². The molecule has 2 heterocycles. The quantitative estimate of drug-likeness (QED) is 0.855. The van der Waals surface area contributed by atoms with E-state index in [9.17, 15) is 0 Å². The summed E-state index contributed by atoms with van der Waals surface area (Å²) in [7, 11) is 3.75. The average Bonchev–Trinajstić information content (AvgIpc) is 2.57. The maximum atomic E-state index is 5.84. The van der Waals surface area contributed by atoms with Gasteiger partial charge in [-0.15, -0.1) is 0 Å². The lowest BCUT2D eigenvalue weighted by molar-refractivity contribution is 0.289. The van der Waals surface area contributed by atoms with Gasteiger partial charge in [-0.1, -0.05) is 32.0 Å². The number of nitrogens with one attached hydrogen (secondary N) is 1. The number of pyridine rings is 1. The number of hydrogen-bond donors (Lipinski definition) is 1. The van der Waals surface area contributed by atoms with Crippen LogP contribution in [-0.4, -0.2) is 25.7 Å². The van der Waals surface area contributed by atoms with Crippen molar-refractivity contribution in [1.29, 1.82) is 0 Å². The van der Waals surface area contributed by atoms with Gasteiger partial charge in [0.15, 0.2) is 0 Å². The van der Waals surface area contributed by atoms with Crippen molar-refractivity contribution in [3.05, 3.63) is 47.8 Å². The fraction of sp³-hybridized carbons (Fsp3) is 0.421. The van der Waals surface area contributed by atoms with Crippen molar-refractivity contribution in [1.82, 2.24) is 10.3 Å². The van der Waals surface area contributed by atoms with Gasteiger partial charge in [0, 0.05) is 23.5 Å². The first-order chi connectivity index (χ1) is 10.8. The van der Waals surface area contributed by atoms with Gasteiger partial charge in [0.25, 0.3) is 0 Å². The number of benzene rings is 1. The lowest BCUT2D eigenvalue weighted by Gasteiger charge is -2.20. The van der Waals surface area contributed by atoms with Crippen LogP contribution in [0.5, 0.6) is 5.75 Å². The SMILES string of the molecule is CC.CNC.Cc1ccncc1-c1cccc2c1OCCC2. The Morgan fingerprint density at radius 3 is 2.50 bits per heavy atom. The first-order valence-electron chi connectivity index (χ1n) is 8.02. The normalized spacial score (nSPS) is 11.9. The van der Waals surface area contributed by atoms with Crippen LogP contribution in [0.4, 0.5) is 0 Å². The molecule has 0 radical (unpaired) electrons. The van der Waals surface area contributed by atoms with Crippen LogP contribution in [0.3, 0.4) is 0 Å². The van der Waals surface area contributed by atoms with Crippen LogP contribution in [0, 0.1) is 6.92 Å². The van der Waals surface area contributed by atoms with E-state index in [2.05, 4.69) is 35.4 Å². The largest absolute Gasteiger partial charge is 0.493 e. The second-order valence-corrected chi connectivity index (χ2v) is 4.94. The Morgan fingerprint density at radius 1 is 1.09 bits per heavy atom. The van der Waals surface area contributed by atoms with E-state index in [0.29, 0.717) is 0 Å². The first kappa shape index (κ1) is 18.2. The number of para-hydroxylation sites is 1. The van der Waals surface area contributed by atoms with Gasteiger partial charge >= 0.3 is 0 Å². The summed E-state index contributed by atoms with van der Waals surface area (Å²) >= 11 is 0. The predicted molar refractivity (Wildman–Crippen MR) is 94.6 cm³/mol. The zero-order valence-corrected chi connectivity index (χ0v) is 14.4. The van der Waals surface area contributed by atoms with Gasteiger partial charge in [-0.2, -0.15) is 0 Å². The molecule has 0 aliphatic carbocycles. The zero-order chi connectivity index (χ0) is 16.4. The summed E-state index contributed by atoms with van der Waals surface area (Å²) in [5.41, 5.74) is 4.90. The molecule has 0 spiro atoms. The highest BCUT2D eigenvalue weighted by molar-refractivity contribution is 5.74. The van der Waals surface area contributed by atoms with Crippen LogP contribution in [0.25, 0.3) is 11.1 Å². The average molecular weight is 300 g/mol. The molecule has 0 unspecified atom stereocenters. The number of hydrogen-bond acceptors (Lipinski definition) is 3. The lowest BCUT2D eigenvalue weighted by Crippen LogP contribution is -2.09. The summed E-state index contributed by atoms with van der Waals surface area (Å²) in [5, 5.41) is 2.75. The molecular weight excluding hydrogens is 272 g/mol. The first-order valence-corrected chi connectivity index (χ1v) is 8.02.